The summed E-state index contributed by atoms with van der Waals surface area (Å²) in [6, 6.07) is 3.64. The zero-order valence-electron chi connectivity index (χ0n) is 10.3. The highest BCUT2D eigenvalue weighted by Crippen LogP contribution is 2.16. The number of rotatable bonds is 6. The van der Waals surface area contributed by atoms with Crippen LogP contribution in [0, 0.1) is 5.92 Å². The van der Waals surface area contributed by atoms with E-state index in [0.717, 1.165) is 25.2 Å². The minimum atomic E-state index is 0.0101. The van der Waals surface area contributed by atoms with Crippen molar-refractivity contribution in [1.29, 1.82) is 0 Å². The molecule has 16 heavy (non-hydrogen) atoms. The molecule has 1 aromatic rings. The van der Waals surface area contributed by atoms with Crippen LogP contribution < -0.4 is 5.32 Å². The summed E-state index contributed by atoms with van der Waals surface area (Å²) < 4.78 is 0. The van der Waals surface area contributed by atoms with Crippen molar-refractivity contribution in [2.45, 2.75) is 33.6 Å². The van der Waals surface area contributed by atoms with Crippen LogP contribution in [0.1, 0.15) is 44.0 Å². The first-order valence-electron chi connectivity index (χ1n) is 5.90. The number of ketones is 1. The molecule has 0 atom stereocenters. The van der Waals surface area contributed by atoms with E-state index >= 15 is 0 Å². The third kappa shape index (κ3) is 3.33. The van der Waals surface area contributed by atoms with Crippen LogP contribution in [0.3, 0.4) is 0 Å². The van der Waals surface area contributed by atoms with Crippen molar-refractivity contribution in [2.75, 3.05) is 11.9 Å². The largest absolute Gasteiger partial charge is 0.369 e. The second kappa shape index (κ2) is 6.26. The van der Waals surface area contributed by atoms with Crippen molar-refractivity contribution >= 4 is 11.6 Å². The fourth-order valence-corrected chi connectivity index (χ4v) is 1.44. The van der Waals surface area contributed by atoms with E-state index in [0.29, 0.717) is 5.56 Å². The van der Waals surface area contributed by atoms with Gasteiger partial charge in [-0.15, -0.1) is 0 Å². The molecule has 1 N–H and O–H groups in total. The molecule has 1 rings (SSSR count). The standard InChI is InChI=1S/C13H20N2O/c1-4-5-8-14-13-11(7-6-9-15-13)12(16)10(2)3/h6-7,9-10H,4-5,8H2,1-3H3,(H,14,15). The molecule has 0 aliphatic carbocycles. The number of hydrogen-bond acceptors (Lipinski definition) is 3. The van der Waals surface area contributed by atoms with Gasteiger partial charge in [0, 0.05) is 18.7 Å². The van der Waals surface area contributed by atoms with E-state index in [1.165, 1.54) is 0 Å². The maximum absolute atomic E-state index is 11.9. The zero-order chi connectivity index (χ0) is 12.0. The lowest BCUT2D eigenvalue weighted by Crippen LogP contribution is -2.13. The van der Waals surface area contributed by atoms with Crippen molar-refractivity contribution in [3.8, 4) is 0 Å². The van der Waals surface area contributed by atoms with E-state index in [9.17, 15) is 4.79 Å². The minimum absolute atomic E-state index is 0.0101. The van der Waals surface area contributed by atoms with E-state index in [1.807, 2.05) is 19.9 Å². The van der Waals surface area contributed by atoms with Crippen LogP contribution in [-0.2, 0) is 0 Å². The number of carbonyl (C=O) groups excluding carboxylic acids is 1. The van der Waals surface area contributed by atoms with E-state index in [1.54, 1.807) is 12.3 Å². The Morgan fingerprint density at radius 1 is 1.50 bits per heavy atom. The third-order valence-corrected chi connectivity index (χ3v) is 2.42. The Labute approximate surface area is 97.3 Å². The summed E-state index contributed by atoms with van der Waals surface area (Å²) in [6.07, 6.45) is 3.94. The van der Waals surface area contributed by atoms with Gasteiger partial charge in [-0.2, -0.15) is 0 Å². The normalized spacial score (nSPS) is 10.5. The number of Topliss-reactive ketones (excluding diaryl/α,β-unsaturated/α-hetero) is 1. The SMILES string of the molecule is CCCCNc1ncccc1C(=O)C(C)C. The predicted octanol–water partition coefficient (Wildman–Crippen LogP) is 3.13. The van der Waals surface area contributed by atoms with Crippen molar-refractivity contribution in [3.63, 3.8) is 0 Å². The van der Waals surface area contributed by atoms with Gasteiger partial charge in [-0.3, -0.25) is 4.79 Å². The Morgan fingerprint density at radius 2 is 2.25 bits per heavy atom. The van der Waals surface area contributed by atoms with Crippen LogP contribution in [0.15, 0.2) is 18.3 Å². The zero-order valence-corrected chi connectivity index (χ0v) is 10.3. The van der Waals surface area contributed by atoms with Gasteiger partial charge in [-0.25, -0.2) is 4.98 Å². The van der Waals surface area contributed by atoms with Crippen LogP contribution in [-0.4, -0.2) is 17.3 Å². The van der Waals surface area contributed by atoms with Gasteiger partial charge in [0.1, 0.15) is 5.82 Å². The summed E-state index contributed by atoms with van der Waals surface area (Å²) in [6.45, 7) is 6.82. The van der Waals surface area contributed by atoms with Gasteiger partial charge >= 0.3 is 0 Å². The molecule has 0 radical (unpaired) electrons. The molecule has 0 aliphatic heterocycles. The lowest BCUT2D eigenvalue weighted by atomic mass is 10.0. The molecule has 0 unspecified atom stereocenters. The Morgan fingerprint density at radius 3 is 2.88 bits per heavy atom. The molecule has 0 spiro atoms. The summed E-state index contributed by atoms with van der Waals surface area (Å²) in [5.41, 5.74) is 0.702. The van der Waals surface area contributed by atoms with Gasteiger partial charge in [0.25, 0.3) is 0 Å². The molecule has 0 amide bonds. The molecular formula is C13H20N2O. The van der Waals surface area contributed by atoms with E-state index in [-0.39, 0.29) is 11.7 Å². The highest BCUT2D eigenvalue weighted by atomic mass is 16.1. The van der Waals surface area contributed by atoms with Crippen molar-refractivity contribution < 1.29 is 4.79 Å². The van der Waals surface area contributed by atoms with Crippen LogP contribution in [0.25, 0.3) is 0 Å². The summed E-state index contributed by atoms with van der Waals surface area (Å²) in [4.78, 5) is 16.1. The maximum atomic E-state index is 11.9. The number of anilines is 1. The molecule has 0 aliphatic rings. The quantitative estimate of drug-likeness (QED) is 0.591. The second-order valence-corrected chi connectivity index (χ2v) is 4.20. The van der Waals surface area contributed by atoms with Gasteiger partial charge in [-0.05, 0) is 18.6 Å². The van der Waals surface area contributed by atoms with Crippen LogP contribution in [0.5, 0.6) is 0 Å². The average molecular weight is 220 g/mol. The van der Waals surface area contributed by atoms with E-state index in [2.05, 4.69) is 17.2 Å². The third-order valence-electron chi connectivity index (χ3n) is 2.42. The number of nitrogens with one attached hydrogen (secondary N) is 1. The van der Waals surface area contributed by atoms with E-state index < -0.39 is 0 Å². The van der Waals surface area contributed by atoms with Crippen molar-refractivity contribution in [1.82, 2.24) is 4.98 Å². The number of unbranched alkanes of at least 4 members (excludes halogenated alkanes) is 1. The molecule has 0 aromatic carbocycles. The summed E-state index contributed by atoms with van der Waals surface area (Å²) >= 11 is 0. The van der Waals surface area contributed by atoms with Gasteiger partial charge in [-0.1, -0.05) is 27.2 Å². The summed E-state index contributed by atoms with van der Waals surface area (Å²) in [5.74, 6) is 0.873. The molecule has 3 heteroatoms. The molecule has 1 aromatic heterocycles. The average Bonchev–Trinajstić information content (AvgIpc) is 2.29. The highest BCUT2D eigenvalue weighted by Gasteiger charge is 2.14. The van der Waals surface area contributed by atoms with Crippen LogP contribution >= 0.6 is 0 Å². The Bertz CT molecular complexity index is 348. The number of hydrogen-bond donors (Lipinski definition) is 1. The molecule has 0 bridgehead atoms. The Balaban J connectivity index is 2.79. The fourth-order valence-electron chi connectivity index (χ4n) is 1.44. The van der Waals surface area contributed by atoms with Crippen LogP contribution in [0.4, 0.5) is 5.82 Å². The molecule has 88 valence electrons. The predicted molar refractivity (Wildman–Crippen MR) is 66.8 cm³/mol. The fraction of sp³-hybridized carbons (Fsp3) is 0.538. The number of nitrogens with zero attached hydrogens (tertiary/aromatic N) is 1. The first-order chi connectivity index (χ1) is 7.66. The number of pyridine rings is 1. The summed E-state index contributed by atoms with van der Waals surface area (Å²) in [5, 5.41) is 3.22. The molecular weight excluding hydrogens is 200 g/mol. The molecule has 0 fully saturated rings. The topological polar surface area (TPSA) is 42.0 Å². The van der Waals surface area contributed by atoms with Crippen molar-refractivity contribution in [3.05, 3.63) is 23.9 Å². The molecule has 0 saturated carbocycles. The van der Waals surface area contributed by atoms with E-state index in [4.69, 9.17) is 0 Å². The first kappa shape index (κ1) is 12.7. The molecule has 3 nitrogen and oxygen atoms in total. The summed E-state index contributed by atoms with van der Waals surface area (Å²) in [7, 11) is 0. The smallest absolute Gasteiger partial charge is 0.169 e. The number of aromatic nitrogens is 1. The lowest BCUT2D eigenvalue weighted by Gasteiger charge is -2.11. The van der Waals surface area contributed by atoms with Crippen LogP contribution in [0.2, 0.25) is 0 Å². The Kier molecular flexibility index (Phi) is 4.96. The maximum Gasteiger partial charge on any atom is 0.169 e. The second-order valence-electron chi connectivity index (χ2n) is 4.20. The monoisotopic (exact) mass is 220 g/mol. The van der Waals surface area contributed by atoms with Gasteiger partial charge < -0.3 is 5.32 Å². The van der Waals surface area contributed by atoms with Gasteiger partial charge in [0.05, 0.1) is 5.56 Å². The van der Waals surface area contributed by atoms with Crippen molar-refractivity contribution in [2.24, 2.45) is 5.92 Å². The molecule has 1 heterocycles. The highest BCUT2D eigenvalue weighted by molar-refractivity contribution is 6.01. The molecule has 0 saturated heterocycles. The number of carbonyl (C=O) groups is 1. The first-order valence-corrected chi connectivity index (χ1v) is 5.90. The minimum Gasteiger partial charge on any atom is -0.369 e. The lowest BCUT2D eigenvalue weighted by molar-refractivity contribution is 0.0940. The van der Waals surface area contributed by atoms with Gasteiger partial charge in [0.15, 0.2) is 5.78 Å². The Hall–Kier alpha value is -1.38. The van der Waals surface area contributed by atoms with Gasteiger partial charge in [0.2, 0.25) is 0 Å².